The zero-order valence-electron chi connectivity index (χ0n) is 9.06. The number of halogens is 1. The van der Waals surface area contributed by atoms with Gasteiger partial charge < -0.3 is 4.90 Å². The van der Waals surface area contributed by atoms with E-state index in [2.05, 4.69) is 41.1 Å². The van der Waals surface area contributed by atoms with E-state index in [1.165, 1.54) is 5.56 Å². The third-order valence-corrected chi connectivity index (χ3v) is 3.56. The molecule has 0 saturated carbocycles. The van der Waals surface area contributed by atoms with Gasteiger partial charge >= 0.3 is 0 Å². The third kappa shape index (κ3) is 2.74. The molecule has 0 saturated heterocycles. The molecule has 0 fully saturated rings. The van der Waals surface area contributed by atoms with Gasteiger partial charge in [0.2, 0.25) is 0 Å². The van der Waals surface area contributed by atoms with Crippen LogP contribution in [0.4, 0.5) is 5.13 Å². The average molecular weight is 253 g/mol. The van der Waals surface area contributed by atoms with Crippen molar-refractivity contribution in [1.82, 2.24) is 4.98 Å². The number of aromatic nitrogens is 1. The third-order valence-electron chi connectivity index (χ3n) is 2.33. The lowest BCUT2D eigenvalue weighted by molar-refractivity contribution is 0.826. The summed E-state index contributed by atoms with van der Waals surface area (Å²) in [4.78, 5) is 6.50. The highest BCUT2D eigenvalue weighted by molar-refractivity contribution is 7.14. The van der Waals surface area contributed by atoms with Crippen LogP contribution in [0.25, 0.3) is 0 Å². The first-order chi connectivity index (χ1) is 7.79. The Hall–Kier alpha value is -1.06. The summed E-state index contributed by atoms with van der Waals surface area (Å²) in [5, 5.41) is 3.42. The van der Waals surface area contributed by atoms with Crippen LogP contribution >= 0.6 is 22.9 Å². The van der Waals surface area contributed by atoms with Gasteiger partial charge in [-0.15, -0.1) is 11.3 Å². The van der Waals surface area contributed by atoms with Crippen LogP contribution in [0.3, 0.4) is 0 Å². The van der Waals surface area contributed by atoms with Gasteiger partial charge in [-0.05, 0) is 12.5 Å². The van der Waals surface area contributed by atoms with E-state index in [-0.39, 0.29) is 0 Å². The number of hydrogen-bond acceptors (Lipinski definition) is 3. The van der Waals surface area contributed by atoms with Crippen LogP contribution in [0.1, 0.15) is 12.5 Å². The van der Waals surface area contributed by atoms with Crippen molar-refractivity contribution in [3.63, 3.8) is 0 Å². The zero-order chi connectivity index (χ0) is 11.4. The molecular formula is C12H13ClN2S. The molecule has 1 heterocycles. The molecule has 0 amide bonds. The minimum atomic E-state index is 0.575. The Labute approximate surface area is 105 Å². The molecular weight excluding hydrogens is 240 g/mol. The van der Waals surface area contributed by atoms with Crippen molar-refractivity contribution >= 4 is 28.1 Å². The van der Waals surface area contributed by atoms with Crippen molar-refractivity contribution in [2.75, 3.05) is 11.4 Å². The highest BCUT2D eigenvalue weighted by Gasteiger charge is 2.08. The molecule has 0 spiro atoms. The van der Waals surface area contributed by atoms with Gasteiger partial charge in [0.05, 0.1) is 0 Å². The lowest BCUT2D eigenvalue weighted by atomic mass is 10.2. The Kier molecular flexibility index (Phi) is 3.80. The molecule has 0 N–H and O–H groups in total. The fraction of sp³-hybridized carbons (Fsp3) is 0.250. The maximum Gasteiger partial charge on any atom is 0.187 e. The van der Waals surface area contributed by atoms with Crippen LogP contribution in [0.5, 0.6) is 0 Å². The van der Waals surface area contributed by atoms with Crippen molar-refractivity contribution in [3.05, 3.63) is 46.4 Å². The van der Waals surface area contributed by atoms with Gasteiger partial charge in [-0.2, -0.15) is 0 Å². The summed E-state index contributed by atoms with van der Waals surface area (Å²) < 4.78 is 0. The first-order valence-electron chi connectivity index (χ1n) is 5.19. The van der Waals surface area contributed by atoms with Crippen molar-refractivity contribution in [2.45, 2.75) is 13.5 Å². The van der Waals surface area contributed by atoms with E-state index in [0.717, 1.165) is 18.2 Å². The van der Waals surface area contributed by atoms with Crippen LogP contribution in [0.2, 0.25) is 5.15 Å². The van der Waals surface area contributed by atoms with Crippen LogP contribution in [0.15, 0.2) is 35.7 Å². The van der Waals surface area contributed by atoms with Gasteiger partial charge in [0.1, 0.15) is 5.15 Å². The standard InChI is InChI=1S/C12H13ClN2S/c1-2-15(12-14-11(13)9-16-12)8-10-6-4-3-5-7-10/h3-7,9H,2,8H2,1H3. The summed E-state index contributed by atoms with van der Waals surface area (Å²) in [7, 11) is 0. The molecule has 0 radical (unpaired) electrons. The topological polar surface area (TPSA) is 16.1 Å². The number of thiazole rings is 1. The van der Waals surface area contributed by atoms with E-state index in [1.54, 1.807) is 11.3 Å². The van der Waals surface area contributed by atoms with E-state index >= 15 is 0 Å². The lowest BCUT2D eigenvalue weighted by Gasteiger charge is -2.19. The Balaban J connectivity index is 2.12. The summed E-state index contributed by atoms with van der Waals surface area (Å²) in [5.74, 6) is 0. The van der Waals surface area contributed by atoms with Gasteiger partial charge in [0.25, 0.3) is 0 Å². The summed E-state index contributed by atoms with van der Waals surface area (Å²) in [6.07, 6.45) is 0. The number of hydrogen-bond donors (Lipinski definition) is 0. The molecule has 2 rings (SSSR count). The Bertz CT molecular complexity index is 441. The van der Waals surface area contributed by atoms with Crippen molar-refractivity contribution in [2.24, 2.45) is 0 Å². The lowest BCUT2D eigenvalue weighted by Crippen LogP contribution is -2.21. The fourth-order valence-electron chi connectivity index (χ4n) is 1.51. The largest absolute Gasteiger partial charge is 0.344 e. The molecule has 0 aliphatic carbocycles. The predicted octanol–water partition coefficient (Wildman–Crippen LogP) is 3.82. The van der Waals surface area contributed by atoms with E-state index in [4.69, 9.17) is 11.6 Å². The van der Waals surface area contributed by atoms with Crippen molar-refractivity contribution in [3.8, 4) is 0 Å². The van der Waals surface area contributed by atoms with E-state index < -0.39 is 0 Å². The van der Waals surface area contributed by atoms with E-state index in [0.29, 0.717) is 5.15 Å². The van der Waals surface area contributed by atoms with Gasteiger partial charge in [0.15, 0.2) is 5.13 Å². The maximum absolute atomic E-state index is 5.84. The van der Waals surface area contributed by atoms with Crippen LogP contribution in [-0.2, 0) is 6.54 Å². The second kappa shape index (κ2) is 5.32. The maximum atomic E-state index is 5.84. The van der Waals surface area contributed by atoms with E-state index in [1.807, 2.05) is 11.4 Å². The average Bonchev–Trinajstić information content (AvgIpc) is 2.74. The number of nitrogens with zero attached hydrogens (tertiary/aromatic N) is 2. The predicted molar refractivity (Wildman–Crippen MR) is 70.3 cm³/mol. The van der Waals surface area contributed by atoms with E-state index in [9.17, 15) is 0 Å². The van der Waals surface area contributed by atoms with Crippen LogP contribution in [0, 0.1) is 0 Å². The SMILES string of the molecule is CCN(Cc1ccccc1)c1nc(Cl)cs1. The Morgan fingerprint density at radius 3 is 2.62 bits per heavy atom. The molecule has 0 aliphatic heterocycles. The summed E-state index contributed by atoms with van der Waals surface area (Å²) in [6.45, 7) is 3.93. The van der Waals surface area contributed by atoms with Gasteiger partial charge in [-0.1, -0.05) is 41.9 Å². The molecule has 1 aromatic carbocycles. The number of rotatable bonds is 4. The second-order valence-electron chi connectivity index (χ2n) is 3.45. The van der Waals surface area contributed by atoms with Crippen LogP contribution < -0.4 is 4.90 Å². The molecule has 0 aliphatic rings. The quantitative estimate of drug-likeness (QED) is 0.822. The molecule has 0 bridgehead atoms. The zero-order valence-corrected chi connectivity index (χ0v) is 10.6. The minimum absolute atomic E-state index is 0.575. The summed E-state index contributed by atoms with van der Waals surface area (Å²) in [6, 6.07) is 10.4. The highest BCUT2D eigenvalue weighted by atomic mass is 35.5. The Morgan fingerprint density at radius 1 is 1.31 bits per heavy atom. The number of anilines is 1. The summed E-state index contributed by atoms with van der Waals surface area (Å²) in [5.41, 5.74) is 1.29. The van der Waals surface area contributed by atoms with Gasteiger partial charge in [-0.25, -0.2) is 4.98 Å². The molecule has 1 aromatic heterocycles. The first kappa shape index (κ1) is 11.4. The Morgan fingerprint density at radius 2 is 2.06 bits per heavy atom. The molecule has 0 atom stereocenters. The normalized spacial score (nSPS) is 10.4. The molecule has 0 unspecified atom stereocenters. The molecule has 2 aromatic rings. The highest BCUT2D eigenvalue weighted by Crippen LogP contribution is 2.24. The van der Waals surface area contributed by atoms with Gasteiger partial charge in [-0.3, -0.25) is 0 Å². The van der Waals surface area contributed by atoms with Crippen molar-refractivity contribution < 1.29 is 0 Å². The molecule has 4 heteroatoms. The smallest absolute Gasteiger partial charge is 0.187 e. The van der Waals surface area contributed by atoms with Crippen molar-refractivity contribution in [1.29, 1.82) is 0 Å². The number of benzene rings is 1. The molecule has 16 heavy (non-hydrogen) atoms. The molecule has 2 nitrogen and oxygen atoms in total. The minimum Gasteiger partial charge on any atom is -0.344 e. The second-order valence-corrected chi connectivity index (χ2v) is 4.68. The van der Waals surface area contributed by atoms with Crippen LogP contribution in [-0.4, -0.2) is 11.5 Å². The monoisotopic (exact) mass is 252 g/mol. The first-order valence-corrected chi connectivity index (χ1v) is 6.45. The summed E-state index contributed by atoms with van der Waals surface area (Å²) >= 11 is 7.42. The molecule has 84 valence electrons. The van der Waals surface area contributed by atoms with Gasteiger partial charge in [0, 0.05) is 18.5 Å². The fourth-order valence-corrected chi connectivity index (χ4v) is 2.52.